The molecule has 8 nitrogen and oxygen atoms in total. The van der Waals surface area contributed by atoms with E-state index in [-0.39, 0.29) is 17.6 Å². The summed E-state index contributed by atoms with van der Waals surface area (Å²) >= 11 is 0. The van der Waals surface area contributed by atoms with Gasteiger partial charge in [0.2, 0.25) is 10.0 Å². The molecule has 0 amide bonds. The maximum absolute atomic E-state index is 13.0. The summed E-state index contributed by atoms with van der Waals surface area (Å²) in [7, 11) is -2.50. The van der Waals surface area contributed by atoms with Crippen molar-refractivity contribution < 1.29 is 13.4 Å². The van der Waals surface area contributed by atoms with Crippen LogP contribution in [0.4, 0.5) is 5.82 Å². The van der Waals surface area contributed by atoms with Crippen LogP contribution in [0.3, 0.4) is 0 Å². The second-order valence-electron chi connectivity index (χ2n) is 9.36. The summed E-state index contributed by atoms with van der Waals surface area (Å²) in [4.78, 5) is 4.46. The summed E-state index contributed by atoms with van der Waals surface area (Å²) in [5, 5.41) is 21.1. The number of hydrogen-bond acceptors (Lipinski definition) is 7. The van der Waals surface area contributed by atoms with E-state index in [0.717, 1.165) is 72.3 Å². The molecule has 0 unspecified atom stereocenters. The largest absolute Gasteiger partial charge is 0.465 e. The third-order valence-corrected chi connectivity index (χ3v) is 9.11. The van der Waals surface area contributed by atoms with E-state index < -0.39 is 17.1 Å². The van der Waals surface area contributed by atoms with E-state index in [4.69, 9.17) is 0 Å². The SMILES string of the molecule is CN(Cc1ccccc1)S(=O)(=O)C[C@H]1CC[C@H](C2=NNB(O)c3cnc4c(c32)CCN4)CC1. The van der Waals surface area contributed by atoms with Gasteiger partial charge in [-0.25, -0.2) is 17.7 Å². The standard InChI is InChI=1S/C23H30BN5O3S/c1-29(14-16-5-3-2-4-6-16)33(31,32)15-17-7-9-18(10-8-17)22-21-19-11-12-25-23(19)26-13-20(21)24(30)28-27-22/h2-6,13,17-18,28,30H,7-12,14-15H2,1H3,(H,25,26)/t17-,18-. The van der Waals surface area contributed by atoms with Crippen LogP contribution in [0.2, 0.25) is 0 Å². The highest BCUT2D eigenvalue weighted by Gasteiger charge is 2.37. The van der Waals surface area contributed by atoms with Crippen molar-refractivity contribution in [2.24, 2.45) is 16.9 Å². The molecule has 0 atom stereocenters. The molecule has 5 rings (SSSR count). The number of aromatic nitrogens is 1. The molecule has 1 aromatic heterocycles. The molecule has 1 fully saturated rings. The van der Waals surface area contributed by atoms with E-state index in [2.05, 4.69) is 20.7 Å². The van der Waals surface area contributed by atoms with E-state index >= 15 is 0 Å². The highest BCUT2D eigenvalue weighted by Crippen LogP contribution is 2.35. The van der Waals surface area contributed by atoms with Gasteiger partial charge in [-0.15, -0.1) is 0 Å². The summed E-state index contributed by atoms with van der Waals surface area (Å²) < 4.78 is 27.4. The third-order valence-electron chi connectivity index (χ3n) is 7.14. The molecular formula is C23H30BN5O3S. The van der Waals surface area contributed by atoms with Crippen molar-refractivity contribution in [2.45, 2.75) is 38.6 Å². The van der Waals surface area contributed by atoms with E-state index in [0.29, 0.717) is 6.54 Å². The number of fused-ring (bicyclic) bond motifs is 3. The van der Waals surface area contributed by atoms with Crippen molar-refractivity contribution >= 4 is 34.1 Å². The monoisotopic (exact) mass is 467 g/mol. The zero-order valence-electron chi connectivity index (χ0n) is 18.9. The zero-order valence-corrected chi connectivity index (χ0v) is 19.7. The predicted octanol–water partition coefficient (Wildman–Crippen LogP) is 1.31. The minimum Gasteiger partial charge on any atom is -0.428 e. The molecule has 2 aliphatic heterocycles. The molecule has 0 radical (unpaired) electrons. The van der Waals surface area contributed by atoms with Gasteiger partial charge in [-0.05, 0) is 43.6 Å². The van der Waals surface area contributed by atoms with Crippen molar-refractivity contribution in [3.8, 4) is 0 Å². The first-order chi connectivity index (χ1) is 15.9. The first-order valence-corrected chi connectivity index (χ1v) is 13.3. The van der Waals surface area contributed by atoms with E-state index in [1.54, 1.807) is 13.2 Å². The quantitative estimate of drug-likeness (QED) is 0.554. The maximum Gasteiger partial charge on any atom is 0.465 e. The van der Waals surface area contributed by atoms with E-state index in [9.17, 15) is 13.4 Å². The Kier molecular flexibility index (Phi) is 6.15. The van der Waals surface area contributed by atoms with Crippen LogP contribution in [-0.4, -0.2) is 54.8 Å². The lowest BCUT2D eigenvalue weighted by atomic mass is 9.67. The highest BCUT2D eigenvalue weighted by molar-refractivity contribution is 7.89. The lowest BCUT2D eigenvalue weighted by Crippen LogP contribution is -2.51. The van der Waals surface area contributed by atoms with Crippen LogP contribution >= 0.6 is 0 Å². The van der Waals surface area contributed by atoms with Crippen LogP contribution in [0, 0.1) is 11.8 Å². The molecule has 0 bridgehead atoms. The third kappa shape index (κ3) is 4.51. The molecule has 174 valence electrons. The van der Waals surface area contributed by atoms with Gasteiger partial charge < -0.3 is 15.7 Å². The maximum atomic E-state index is 13.0. The minimum absolute atomic E-state index is 0.150. The molecule has 0 saturated heterocycles. The molecule has 0 spiro atoms. The summed E-state index contributed by atoms with van der Waals surface area (Å²) in [6.07, 6.45) is 6.10. The van der Waals surface area contributed by atoms with Gasteiger partial charge in [-0.2, -0.15) is 5.10 Å². The molecule has 2 aromatic rings. The second kappa shape index (κ2) is 9.08. The lowest BCUT2D eigenvalue weighted by Gasteiger charge is -2.33. The van der Waals surface area contributed by atoms with Gasteiger partial charge in [-0.3, -0.25) is 0 Å². The molecule has 3 heterocycles. The smallest absolute Gasteiger partial charge is 0.428 e. The number of anilines is 1. The number of benzene rings is 1. The number of nitrogens with zero attached hydrogens (tertiary/aromatic N) is 3. The van der Waals surface area contributed by atoms with Gasteiger partial charge >= 0.3 is 7.05 Å². The Morgan fingerprint density at radius 3 is 2.70 bits per heavy atom. The average molecular weight is 467 g/mol. The molecule has 10 heteroatoms. The molecule has 1 aromatic carbocycles. The Morgan fingerprint density at radius 1 is 1.18 bits per heavy atom. The van der Waals surface area contributed by atoms with Gasteiger partial charge in [0.1, 0.15) is 5.82 Å². The Bertz CT molecular complexity index is 1150. The number of pyridine rings is 1. The van der Waals surface area contributed by atoms with Gasteiger partial charge in [-0.1, -0.05) is 30.3 Å². The van der Waals surface area contributed by atoms with Crippen molar-refractivity contribution in [3.63, 3.8) is 0 Å². The summed E-state index contributed by atoms with van der Waals surface area (Å²) in [5.41, 5.74) is 4.94. The summed E-state index contributed by atoms with van der Waals surface area (Å²) in [6.45, 7) is 1.24. The van der Waals surface area contributed by atoms with Gasteiger partial charge in [0.15, 0.2) is 0 Å². The number of rotatable bonds is 6. The summed E-state index contributed by atoms with van der Waals surface area (Å²) in [6, 6.07) is 9.69. The van der Waals surface area contributed by atoms with Gasteiger partial charge in [0, 0.05) is 48.8 Å². The van der Waals surface area contributed by atoms with Crippen LogP contribution in [-0.2, 0) is 23.0 Å². The fourth-order valence-corrected chi connectivity index (χ4v) is 6.83. The predicted molar refractivity (Wildman–Crippen MR) is 131 cm³/mol. The number of hydrogen-bond donors (Lipinski definition) is 3. The van der Waals surface area contributed by atoms with Crippen molar-refractivity contribution in [3.05, 3.63) is 53.2 Å². The van der Waals surface area contributed by atoms with Crippen LogP contribution in [0.1, 0.15) is 42.4 Å². The van der Waals surface area contributed by atoms with Crippen LogP contribution in [0.15, 0.2) is 41.6 Å². The minimum atomic E-state index is -3.32. The molecule has 1 aliphatic carbocycles. The number of hydrazone groups is 1. The average Bonchev–Trinajstić information content (AvgIpc) is 3.30. The molecule has 3 aliphatic rings. The van der Waals surface area contributed by atoms with Gasteiger partial charge in [0.25, 0.3) is 0 Å². The first-order valence-electron chi connectivity index (χ1n) is 11.7. The second-order valence-corrected chi connectivity index (χ2v) is 11.5. The fourth-order valence-electron chi connectivity index (χ4n) is 5.30. The molecule has 3 N–H and O–H groups in total. The number of sulfonamides is 1. The van der Waals surface area contributed by atoms with Crippen molar-refractivity contribution in [1.82, 2.24) is 14.6 Å². The Labute approximate surface area is 195 Å². The van der Waals surface area contributed by atoms with Crippen LogP contribution in [0.5, 0.6) is 0 Å². The Morgan fingerprint density at radius 2 is 1.94 bits per heavy atom. The normalized spacial score (nSPS) is 22.3. The topological polar surface area (TPSA) is 107 Å². The van der Waals surface area contributed by atoms with E-state index in [1.807, 2.05) is 30.3 Å². The fraction of sp³-hybridized carbons (Fsp3) is 0.478. The summed E-state index contributed by atoms with van der Waals surface area (Å²) in [5.74, 6) is 1.47. The van der Waals surface area contributed by atoms with Crippen molar-refractivity contribution in [2.75, 3.05) is 24.7 Å². The number of nitrogens with one attached hydrogen (secondary N) is 2. The van der Waals surface area contributed by atoms with Crippen LogP contribution in [0.25, 0.3) is 0 Å². The van der Waals surface area contributed by atoms with Crippen LogP contribution < -0.4 is 16.1 Å². The Balaban J connectivity index is 1.25. The molecule has 1 saturated carbocycles. The van der Waals surface area contributed by atoms with Gasteiger partial charge in [0.05, 0.1) is 11.5 Å². The van der Waals surface area contributed by atoms with E-state index in [1.165, 1.54) is 4.31 Å². The van der Waals surface area contributed by atoms with Crippen molar-refractivity contribution in [1.29, 1.82) is 0 Å². The molecular weight excluding hydrogens is 437 g/mol. The molecule has 33 heavy (non-hydrogen) atoms. The zero-order chi connectivity index (χ0) is 23.0. The first kappa shape index (κ1) is 22.4. The lowest BCUT2D eigenvalue weighted by molar-refractivity contribution is 0.338. The Hall–Kier alpha value is -2.43. The highest BCUT2D eigenvalue weighted by atomic mass is 32.2.